The number of imidazole rings is 1. The Morgan fingerprint density at radius 2 is 2.00 bits per heavy atom. The molecule has 1 aromatic carbocycles. The van der Waals surface area contributed by atoms with Crippen LogP contribution < -0.4 is 0 Å². The van der Waals surface area contributed by atoms with Crippen LogP contribution in [0.25, 0.3) is 11.0 Å². The first-order valence-electron chi connectivity index (χ1n) is 6.34. The van der Waals surface area contributed by atoms with Gasteiger partial charge in [0, 0.05) is 9.75 Å². The van der Waals surface area contributed by atoms with Crippen molar-refractivity contribution in [2.75, 3.05) is 0 Å². The predicted molar refractivity (Wildman–Crippen MR) is 84.7 cm³/mol. The summed E-state index contributed by atoms with van der Waals surface area (Å²) in [6, 6.07) is 11.0. The van der Waals surface area contributed by atoms with Crippen LogP contribution in [0.1, 0.15) is 28.3 Å². The maximum Gasteiger partial charge on any atom is 0.178 e. The molecule has 0 saturated heterocycles. The number of nitrogens with one attached hydrogen (secondary N) is 1. The quantitative estimate of drug-likeness (QED) is 0.659. The van der Waals surface area contributed by atoms with Crippen LogP contribution in [0.3, 0.4) is 0 Å². The third kappa shape index (κ3) is 2.05. The number of rotatable bonds is 2. The van der Waals surface area contributed by atoms with Crippen molar-refractivity contribution in [2.45, 2.75) is 26.8 Å². The van der Waals surface area contributed by atoms with Gasteiger partial charge in [0.1, 0.15) is 0 Å². The van der Waals surface area contributed by atoms with E-state index in [1.54, 1.807) is 0 Å². The van der Waals surface area contributed by atoms with Gasteiger partial charge in [-0.15, -0.1) is 11.3 Å². The molecule has 0 bridgehead atoms. The van der Waals surface area contributed by atoms with Gasteiger partial charge in [0.05, 0.1) is 17.1 Å². The van der Waals surface area contributed by atoms with E-state index in [-0.39, 0.29) is 6.04 Å². The van der Waals surface area contributed by atoms with E-state index in [9.17, 15) is 0 Å². The zero-order valence-corrected chi connectivity index (χ0v) is 12.9. The lowest BCUT2D eigenvalue weighted by Crippen LogP contribution is -2.04. The molecule has 0 aliphatic rings. The van der Waals surface area contributed by atoms with Crippen LogP contribution in [0.15, 0.2) is 30.3 Å². The second-order valence-corrected chi connectivity index (χ2v) is 6.60. The molecular weight excluding hydrogens is 272 g/mol. The minimum absolute atomic E-state index is 0.266. The molecule has 0 spiro atoms. The Kier molecular flexibility index (Phi) is 3.07. The van der Waals surface area contributed by atoms with Gasteiger partial charge in [0.25, 0.3) is 0 Å². The summed E-state index contributed by atoms with van der Waals surface area (Å²) >= 11 is 7.34. The first-order chi connectivity index (χ1) is 9.08. The van der Waals surface area contributed by atoms with Crippen molar-refractivity contribution in [3.05, 3.63) is 50.4 Å². The Morgan fingerprint density at radius 3 is 2.68 bits per heavy atom. The Labute approximate surface area is 121 Å². The minimum atomic E-state index is 0.266. The molecule has 0 aliphatic heterocycles. The molecule has 98 valence electrons. The molecule has 4 heteroatoms. The van der Waals surface area contributed by atoms with Gasteiger partial charge in [-0.2, -0.15) is 0 Å². The van der Waals surface area contributed by atoms with Crippen LogP contribution in [0.4, 0.5) is 0 Å². The smallest absolute Gasteiger partial charge is 0.178 e. The van der Waals surface area contributed by atoms with E-state index in [4.69, 9.17) is 12.2 Å². The van der Waals surface area contributed by atoms with Crippen LogP contribution in [-0.4, -0.2) is 9.55 Å². The first-order valence-corrected chi connectivity index (χ1v) is 7.56. The summed E-state index contributed by atoms with van der Waals surface area (Å²) in [6.45, 7) is 6.45. The summed E-state index contributed by atoms with van der Waals surface area (Å²) in [5, 5.41) is 0. The SMILES string of the molecule is Cc1ccc(C(C)n2c(=S)[nH]c3c(C)cccc32)s1. The Hall–Kier alpha value is -1.39. The molecule has 19 heavy (non-hydrogen) atoms. The molecule has 1 N–H and O–H groups in total. The molecule has 0 aliphatic carbocycles. The lowest BCUT2D eigenvalue weighted by molar-refractivity contribution is 0.661. The zero-order valence-electron chi connectivity index (χ0n) is 11.2. The van der Waals surface area contributed by atoms with E-state index in [2.05, 4.69) is 60.7 Å². The highest BCUT2D eigenvalue weighted by Crippen LogP contribution is 2.29. The standard InChI is InChI=1S/C15H16N2S2/c1-9-5-4-6-12-14(9)16-15(18)17(12)11(3)13-8-7-10(2)19-13/h4-8,11H,1-3H3,(H,16,18). The summed E-state index contributed by atoms with van der Waals surface area (Å²) in [4.78, 5) is 6.02. The Morgan fingerprint density at radius 1 is 1.21 bits per heavy atom. The number of para-hydroxylation sites is 1. The monoisotopic (exact) mass is 288 g/mol. The number of thiophene rings is 1. The number of aryl methyl sites for hydroxylation is 2. The highest BCUT2D eigenvalue weighted by molar-refractivity contribution is 7.71. The predicted octanol–water partition coefficient (Wildman–Crippen LogP) is 4.99. The van der Waals surface area contributed by atoms with Crippen molar-refractivity contribution in [3.8, 4) is 0 Å². The highest BCUT2D eigenvalue weighted by Gasteiger charge is 2.15. The van der Waals surface area contributed by atoms with E-state index in [1.165, 1.54) is 20.8 Å². The van der Waals surface area contributed by atoms with Crippen LogP contribution in [0, 0.1) is 18.6 Å². The van der Waals surface area contributed by atoms with Crippen LogP contribution >= 0.6 is 23.6 Å². The van der Waals surface area contributed by atoms with Gasteiger partial charge in [-0.1, -0.05) is 12.1 Å². The normalized spacial score (nSPS) is 13.0. The fourth-order valence-corrected chi connectivity index (χ4v) is 3.76. The van der Waals surface area contributed by atoms with E-state index in [1.807, 2.05) is 11.3 Å². The minimum Gasteiger partial charge on any atom is -0.330 e. The lowest BCUT2D eigenvalue weighted by atomic mass is 10.2. The molecule has 0 saturated carbocycles. The zero-order chi connectivity index (χ0) is 13.6. The van der Waals surface area contributed by atoms with E-state index < -0.39 is 0 Å². The van der Waals surface area contributed by atoms with Crippen molar-refractivity contribution in [3.63, 3.8) is 0 Å². The van der Waals surface area contributed by atoms with Crippen LogP contribution in [0.5, 0.6) is 0 Å². The number of hydrogen-bond acceptors (Lipinski definition) is 2. The third-order valence-electron chi connectivity index (χ3n) is 3.52. The van der Waals surface area contributed by atoms with E-state index in [0.717, 1.165) is 10.3 Å². The van der Waals surface area contributed by atoms with Gasteiger partial charge in [-0.3, -0.25) is 0 Å². The highest BCUT2D eigenvalue weighted by atomic mass is 32.1. The summed E-state index contributed by atoms with van der Waals surface area (Å²) in [5.74, 6) is 0. The second-order valence-electron chi connectivity index (χ2n) is 4.89. The van der Waals surface area contributed by atoms with Crippen LogP contribution in [0.2, 0.25) is 0 Å². The van der Waals surface area contributed by atoms with Crippen molar-refractivity contribution >= 4 is 34.6 Å². The van der Waals surface area contributed by atoms with Gasteiger partial charge < -0.3 is 9.55 Å². The third-order valence-corrected chi connectivity index (χ3v) is 4.99. The largest absolute Gasteiger partial charge is 0.330 e. The summed E-state index contributed by atoms with van der Waals surface area (Å²) in [6.07, 6.45) is 0. The van der Waals surface area contributed by atoms with Crippen molar-refractivity contribution < 1.29 is 0 Å². The Bertz CT molecular complexity index is 792. The first kappa shape index (κ1) is 12.6. The fourth-order valence-electron chi connectivity index (χ4n) is 2.48. The Balaban J connectivity index is 2.23. The number of aromatic nitrogens is 2. The molecule has 0 fully saturated rings. The maximum atomic E-state index is 5.51. The van der Waals surface area contributed by atoms with E-state index >= 15 is 0 Å². The fraction of sp³-hybridized carbons (Fsp3) is 0.267. The summed E-state index contributed by atoms with van der Waals surface area (Å²) < 4.78 is 3.01. The maximum absolute atomic E-state index is 5.51. The van der Waals surface area contributed by atoms with Crippen LogP contribution in [-0.2, 0) is 0 Å². The lowest BCUT2D eigenvalue weighted by Gasteiger charge is -2.13. The second kappa shape index (κ2) is 4.62. The molecule has 1 atom stereocenters. The molecule has 2 aromatic heterocycles. The average Bonchev–Trinajstić information content (AvgIpc) is 2.93. The number of H-pyrrole nitrogens is 1. The number of nitrogens with zero attached hydrogens (tertiary/aromatic N) is 1. The van der Waals surface area contributed by atoms with Gasteiger partial charge in [0.15, 0.2) is 4.77 Å². The summed E-state index contributed by atoms with van der Waals surface area (Å²) in [7, 11) is 0. The molecule has 3 aromatic rings. The number of benzene rings is 1. The number of aromatic amines is 1. The van der Waals surface area contributed by atoms with Crippen molar-refractivity contribution in [2.24, 2.45) is 0 Å². The van der Waals surface area contributed by atoms with Gasteiger partial charge in [-0.05, 0) is 56.8 Å². The molecule has 2 nitrogen and oxygen atoms in total. The van der Waals surface area contributed by atoms with E-state index in [0.29, 0.717) is 0 Å². The summed E-state index contributed by atoms with van der Waals surface area (Å²) in [5.41, 5.74) is 3.56. The van der Waals surface area contributed by atoms with Gasteiger partial charge in [0.2, 0.25) is 0 Å². The average molecular weight is 288 g/mol. The number of fused-ring (bicyclic) bond motifs is 1. The van der Waals surface area contributed by atoms with Crippen molar-refractivity contribution in [1.82, 2.24) is 9.55 Å². The number of hydrogen-bond donors (Lipinski definition) is 1. The van der Waals surface area contributed by atoms with Gasteiger partial charge >= 0.3 is 0 Å². The molecule has 0 amide bonds. The van der Waals surface area contributed by atoms with Gasteiger partial charge in [-0.25, -0.2) is 0 Å². The molecule has 1 unspecified atom stereocenters. The topological polar surface area (TPSA) is 20.7 Å². The molecule has 2 heterocycles. The molecular formula is C15H16N2S2. The molecule has 3 rings (SSSR count). The van der Waals surface area contributed by atoms with Crippen molar-refractivity contribution in [1.29, 1.82) is 0 Å². The molecule has 0 radical (unpaired) electrons.